The summed E-state index contributed by atoms with van der Waals surface area (Å²) in [5.74, 6) is -0.592. The van der Waals surface area contributed by atoms with Crippen LogP contribution in [0, 0.1) is 5.82 Å². The van der Waals surface area contributed by atoms with Crippen LogP contribution in [-0.4, -0.2) is 27.2 Å². The van der Waals surface area contributed by atoms with Crippen LogP contribution in [-0.2, 0) is 17.9 Å². The van der Waals surface area contributed by atoms with Gasteiger partial charge in [0.05, 0.1) is 18.0 Å². The fourth-order valence-corrected chi connectivity index (χ4v) is 5.29. The lowest BCUT2D eigenvalue weighted by Crippen LogP contribution is -2.27. The molecule has 5 rings (SSSR count). The Morgan fingerprint density at radius 1 is 1.00 bits per heavy atom. The van der Waals surface area contributed by atoms with E-state index in [0.717, 1.165) is 28.2 Å². The van der Waals surface area contributed by atoms with Gasteiger partial charge in [0, 0.05) is 32.7 Å². The highest BCUT2D eigenvalue weighted by Gasteiger charge is 2.35. The fourth-order valence-electron chi connectivity index (χ4n) is 3.99. The first kappa shape index (κ1) is 24.4. The number of fused-ring (bicyclic) bond motifs is 1. The number of thioether (sulfide) groups is 1. The van der Waals surface area contributed by atoms with Crippen molar-refractivity contribution < 1.29 is 18.7 Å². The van der Waals surface area contributed by atoms with E-state index in [2.05, 4.69) is 0 Å². The van der Waals surface area contributed by atoms with Crippen LogP contribution in [0.4, 0.5) is 9.18 Å². The van der Waals surface area contributed by atoms with E-state index in [1.54, 1.807) is 42.5 Å². The fraction of sp³-hybridized carbons (Fsp3) is 0.111. The molecule has 0 radical (unpaired) electrons. The molecule has 1 aliphatic rings. The van der Waals surface area contributed by atoms with E-state index in [1.807, 2.05) is 35.0 Å². The van der Waals surface area contributed by atoms with E-state index in [-0.39, 0.29) is 30.0 Å². The second-order valence-electron chi connectivity index (χ2n) is 8.08. The van der Waals surface area contributed by atoms with Crippen LogP contribution in [0.25, 0.3) is 17.0 Å². The Morgan fingerprint density at radius 2 is 1.78 bits per heavy atom. The molecule has 1 aromatic heterocycles. The van der Waals surface area contributed by atoms with Gasteiger partial charge in [-0.1, -0.05) is 59.6 Å². The molecule has 0 unspecified atom stereocenters. The summed E-state index contributed by atoms with van der Waals surface area (Å²) in [6.07, 6.45) is 3.63. The third-order valence-electron chi connectivity index (χ3n) is 5.75. The molecule has 1 fully saturated rings. The normalized spacial score (nSPS) is 14.9. The summed E-state index contributed by atoms with van der Waals surface area (Å²) in [5.41, 5.74) is 2.37. The van der Waals surface area contributed by atoms with E-state index in [0.29, 0.717) is 27.1 Å². The standard InChI is InChI=1S/C27H19Cl2FN2O3S/c28-19-10-9-17(21(29)14-19)16-32-26(33)25(36-27(32)34)13-18-15-31(23-7-3-1-5-20(18)23)11-12-35-24-8-4-2-6-22(24)30/h1-10,13-15H,11-12,16H2/b25-13-. The number of carbonyl (C=O) groups excluding carboxylic acids is 2. The van der Waals surface area contributed by atoms with Crippen molar-refractivity contribution in [3.8, 4) is 5.75 Å². The van der Waals surface area contributed by atoms with Gasteiger partial charge < -0.3 is 9.30 Å². The maximum absolute atomic E-state index is 13.9. The highest BCUT2D eigenvalue weighted by atomic mass is 35.5. The van der Waals surface area contributed by atoms with Crippen LogP contribution < -0.4 is 4.74 Å². The number of imide groups is 1. The van der Waals surface area contributed by atoms with Gasteiger partial charge in [-0.25, -0.2) is 4.39 Å². The summed E-state index contributed by atoms with van der Waals surface area (Å²) in [6.45, 7) is 0.795. The molecule has 0 saturated carbocycles. The molecule has 0 spiro atoms. The molecule has 1 saturated heterocycles. The minimum absolute atomic E-state index is 0.0627. The zero-order valence-electron chi connectivity index (χ0n) is 18.8. The van der Waals surface area contributed by atoms with Crippen molar-refractivity contribution in [2.75, 3.05) is 6.61 Å². The largest absolute Gasteiger partial charge is 0.489 e. The maximum Gasteiger partial charge on any atom is 0.293 e. The van der Waals surface area contributed by atoms with Crippen molar-refractivity contribution in [1.29, 1.82) is 0 Å². The number of ether oxygens (including phenoxy) is 1. The molecule has 2 heterocycles. The van der Waals surface area contributed by atoms with E-state index >= 15 is 0 Å². The molecule has 0 aliphatic carbocycles. The highest BCUT2D eigenvalue weighted by Crippen LogP contribution is 2.36. The Morgan fingerprint density at radius 3 is 2.58 bits per heavy atom. The van der Waals surface area contributed by atoms with Crippen LogP contribution in [0.2, 0.25) is 10.0 Å². The van der Waals surface area contributed by atoms with Gasteiger partial charge in [0.15, 0.2) is 11.6 Å². The summed E-state index contributed by atoms with van der Waals surface area (Å²) in [5, 5.41) is 1.44. The molecule has 1 aliphatic heterocycles. The molecule has 9 heteroatoms. The summed E-state index contributed by atoms with van der Waals surface area (Å²) in [4.78, 5) is 27.2. The number of carbonyl (C=O) groups is 2. The number of hydrogen-bond acceptors (Lipinski definition) is 4. The second kappa shape index (κ2) is 10.4. The van der Waals surface area contributed by atoms with Crippen LogP contribution in [0.3, 0.4) is 0 Å². The van der Waals surface area contributed by atoms with Gasteiger partial charge >= 0.3 is 0 Å². The number of amides is 2. The SMILES string of the molecule is O=C1S/C(=C\c2cn(CCOc3ccccc3F)c3ccccc23)C(=O)N1Cc1ccc(Cl)cc1Cl. The van der Waals surface area contributed by atoms with Crippen molar-refractivity contribution in [3.63, 3.8) is 0 Å². The van der Waals surface area contributed by atoms with Crippen LogP contribution >= 0.6 is 35.0 Å². The van der Waals surface area contributed by atoms with Gasteiger partial charge in [0.1, 0.15) is 6.61 Å². The maximum atomic E-state index is 13.9. The summed E-state index contributed by atoms with van der Waals surface area (Å²) in [6, 6.07) is 19.0. The lowest BCUT2D eigenvalue weighted by Gasteiger charge is -2.13. The van der Waals surface area contributed by atoms with Gasteiger partial charge in [-0.3, -0.25) is 14.5 Å². The molecule has 0 bridgehead atoms. The molecule has 3 aromatic carbocycles. The summed E-state index contributed by atoms with van der Waals surface area (Å²) in [7, 11) is 0. The Bertz CT molecular complexity index is 1520. The van der Waals surface area contributed by atoms with E-state index in [4.69, 9.17) is 27.9 Å². The van der Waals surface area contributed by atoms with Crippen LogP contribution in [0.5, 0.6) is 5.75 Å². The summed E-state index contributed by atoms with van der Waals surface area (Å²) >= 11 is 13.1. The quantitative estimate of drug-likeness (QED) is 0.229. The van der Waals surface area contributed by atoms with E-state index < -0.39 is 5.82 Å². The highest BCUT2D eigenvalue weighted by molar-refractivity contribution is 8.18. The minimum Gasteiger partial charge on any atom is -0.489 e. The number of halogens is 3. The predicted octanol–water partition coefficient (Wildman–Crippen LogP) is 7.40. The zero-order valence-corrected chi connectivity index (χ0v) is 21.1. The third-order valence-corrected chi connectivity index (χ3v) is 7.24. The first-order valence-electron chi connectivity index (χ1n) is 11.1. The van der Waals surface area contributed by atoms with Crippen molar-refractivity contribution >= 4 is 63.1 Å². The zero-order chi connectivity index (χ0) is 25.2. The molecule has 2 amide bonds. The Hall–Kier alpha value is -3.26. The lowest BCUT2D eigenvalue weighted by atomic mass is 10.1. The monoisotopic (exact) mass is 540 g/mol. The first-order chi connectivity index (χ1) is 17.4. The number of nitrogens with zero attached hydrogens (tertiary/aromatic N) is 2. The van der Waals surface area contributed by atoms with Crippen molar-refractivity contribution in [2.24, 2.45) is 0 Å². The molecule has 182 valence electrons. The first-order valence-corrected chi connectivity index (χ1v) is 12.6. The summed E-state index contributed by atoms with van der Waals surface area (Å²) < 4.78 is 21.5. The van der Waals surface area contributed by atoms with Gasteiger partial charge in [0.2, 0.25) is 0 Å². The Kier molecular flexibility index (Phi) is 7.05. The molecule has 36 heavy (non-hydrogen) atoms. The number of aromatic nitrogens is 1. The van der Waals surface area contributed by atoms with Gasteiger partial charge in [-0.15, -0.1) is 0 Å². The predicted molar refractivity (Wildman–Crippen MR) is 142 cm³/mol. The Labute approximate surface area is 221 Å². The number of rotatable bonds is 7. The van der Waals surface area contributed by atoms with Crippen molar-refractivity contribution in [2.45, 2.75) is 13.1 Å². The topological polar surface area (TPSA) is 51.5 Å². The molecule has 4 aromatic rings. The molecule has 0 atom stereocenters. The molecule has 0 N–H and O–H groups in total. The Balaban J connectivity index is 1.37. The minimum atomic E-state index is -0.411. The number of para-hydroxylation sites is 2. The van der Waals surface area contributed by atoms with Crippen LogP contribution in [0.15, 0.2) is 77.8 Å². The molecule has 5 nitrogen and oxygen atoms in total. The van der Waals surface area contributed by atoms with Crippen molar-refractivity contribution in [3.05, 3.63) is 105 Å². The average Bonchev–Trinajstić information content (AvgIpc) is 3.34. The smallest absolute Gasteiger partial charge is 0.293 e. The number of hydrogen-bond donors (Lipinski definition) is 0. The van der Waals surface area contributed by atoms with E-state index in [1.165, 1.54) is 11.0 Å². The lowest BCUT2D eigenvalue weighted by molar-refractivity contribution is -0.123. The second-order valence-corrected chi connectivity index (χ2v) is 9.91. The molecular formula is C27H19Cl2FN2O3S. The third kappa shape index (κ3) is 5.00. The van der Waals surface area contributed by atoms with E-state index in [9.17, 15) is 14.0 Å². The van der Waals surface area contributed by atoms with Gasteiger partial charge in [0.25, 0.3) is 11.1 Å². The van der Waals surface area contributed by atoms with Gasteiger partial charge in [-0.2, -0.15) is 0 Å². The number of benzene rings is 3. The van der Waals surface area contributed by atoms with Crippen LogP contribution in [0.1, 0.15) is 11.1 Å². The van der Waals surface area contributed by atoms with Gasteiger partial charge in [-0.05, 0) is 53.7 Å². The average molecular weight is 541 g/mol. The van der Waals surface area contributed by atoms with Crippen molar-refractivity contribution in [1.82, 2.24) is 9.47 Å². The molecular weight excluding hydrogens is 522 g/mol.